The summed E-state index contributed by atoms with van der Waals surface area (Å²) in [6.45, 7) is 4.38. The van der Waals surface area contributed by atoms with E-state index in [9.17, 15) is 4.79 Å². The van der Waals surface area contributed by atoms with Crippen molar-refractivity contribution in [3.63, 3.8) is 0 Å². The lowest BCUT2D eigenvalue weighted by Crippen LogP contribution is -2.50. The van der Waals surface area contributed by atoms with Gasteiger partial charge in [0.1, 0.15) is 12.2 Å². The van der Waals surface area contributed by atoms with Crippen molar-refractivity contribution in [2.24, 2.45) is 0 Å². The molecule has 21 heavy (non-hydrogen) atoms. The fourth-order valence-electron chi connectivity index (χ4n) is 3.39. The van der Waals surface area contributed by atoms with Crippen LogP contribution in [0.25, 0.3) is 0 Å². The molecule has 118 valence electrons. The van der Waals surface area contributed by atoms with Gasteiger partial charge in [-0.1, -0.05) is 6.08 Å². The van der Waals surface area contributed by atoms with Crippen LogP contribution in [0.2, 0.25) is 0 Å². The van der Waals surface area contributed by atoms with Gasteiger partial charge in [0.15, 0.2) is 11.6 Å². The third kappa shape index (κ3) is 3.15. The average Bonchev–Trinajstić information content (AvgIpc) is 2.75. The molecule has 0 saturated carbocycles. The molecule has 2 fully saturated rings. The molecule has 2 spiro atoms. The van der Waals surface area contributed by atoms with Gasteiger partial charge in [-0.05, 0) is 32.3 Å². The molecule has 0 amide bonds. The summed E-state index contributed by atoms with van der Waals surface area (Å²) in [4.78, 5) is 11.0. The van der Waals surface area contributed by atoms with Crippen molar-refractivity contribution in [3.8, 4) is 0 Å². The summed E-state index contributed by atoms with van der Waals surface area (Å²) in [5.41, 5.74) is -0.479. The van der Waals surface area contributed by atoms with E-state index in [0.29, 0.717) is 6.42 Å². The van der Waals surface area contributed by atoms with Crippen molar-refractivity contribution < 1.29 is 23.7 Å². The van der Waals surface area contributed by atoms with Gasteiger partial charge in [-0.3, -0.25) is 4.79 Å². The van der Waals surface area contributed by atoms with Crippen LogP contribution < -0.4 is 0 Å². The quantitative estimate of drug-likeness (QED) is 0.579. The lowest BCUT2D eigenvalue weighted by Gasteiger charge is -2.45. The van der Waals surface area contributed by atoms with Crippen LogP contribution in [0.1, 0.15) is 52.4 Å². The van der Waals surface area contributed by atoms with Crippen LogP contribution >= 0.6 is 0 Å². The number of ether oxygens (including phenoxy) is 4. The van der Waals surface area contributed by atoms with Crippen LogP contribution in [-0.2, 0) is 23.7 Å². The second-order valence-electron chi connectivity index (χ2n) is 6.57. The van der Waals surface area contributed by atoms with E-state index in [4.69, 9.17) is 18.9 Å². The Morgan fingerprint density at radius 3 is 2.81 bits per heavy atom. The van der Waals surface area contributed by atoms with Gasteiger partial charge in [-0.15, -0.1) is 0 Å². The molecule has 2 saturated heterocycles. The molecule has 3 rings (SSSR count). The maximum Gasteiger partial charge on any atom is 0.302 e. The first-order valence-electron chi connectivity index (χ1n) is 7.80. The van der Waals surface area contributed by atoms with E-state index >= 15 is 0 Å². The molecule has 0 N–H and O–H groups in total. The first-order chi connectivity index (χ1) is 9.95. The smallest absolute Gasteiger partial charge is 0.302 e. The minimum atomic E-state index is -0.638. The lowest BCUT2D eigenvalue weighted by atomic mass is 9.97. The third-order valence-electron chi connectivity index (χ3n) is 4.47. The van der Waals surface area contributed by atoms with E-state index in [1.54, 1.807) is 0 Å². The molecular formula is C16H24O5. The van der Waals surface area contributed by atoms with E-state index in [0.717, 1.165) is 38.7 Å². The summed E-state index contributed by atoms with van der Waals surface area (Å²) in [7, 11) is 0. The highest BCUT2D eigenvalue weighted by atomic mass is 16.8. The largest absolute Gasteiger partial charge is 0.463 e. The normalized spacial score (nSPS) is 42.6. The summed E-state index contributed by atoms with van der Waals surface area (Å²) in [5.74, 6) is -1.54. The fourth-order valence-corrected chi connectivity index (χ4v) is 3.39. The molecule has 3 aliphatic rings. The van der Waals surface area contributed by atoms with Gasteiger partial charge >= 0.3 is 5.97 Å². The Labute approximate surface area is 125 Å². The Morgan fingerprint density at radius 2 is 2.10 bits per heavy atom. The van der Waals surface area contributed by atoms with Crippen LogP contribution in [0, 0.1) is 0 Å². The Kier molecular flexibility index (Phi) is 3.84. The van der Waals surface area contributed by atoms with E-state index < -0.39 is 17.2 Å². The van der Waals surface area contributed by atoms with Gasteiger partial charge in [0.25, 0.3) is 0 Å². The summed E-state index contributed by atoms with van der Waals surface area (Å²) in [5, 5.41) is 0. The highest BCUT2D eigenvalue weighted by molar-refractivity contribution is 5.65. The fraction of sp³-hybridized carbons (Fsp3) is 0.812. The van der Waals surface area contributed by atoms with Crippen LogP contribution in [0.3, 0.4) is 0 Å². The topological polar surface area (TPSA) is 54.0 Å². The Hall–Kier alpha value is -0.910. The molecule has 0 unspecified atom stereocenters. The number of hydrogen-bond donors (Lipinski definition) is 0. The maximum absolute atomic E-state index is 11.0. The average molecular weight is 296 g/mol. The lowest BCUT2D eigenvalue weighted by molar-refractivity contribution is -0.358. The molecule has 0 aromatic carbocycles. The molecule has 0 bridgehead atoms. The Morgan fingerprint density at radius 1 is 1.24 bits per heavy atom. The number of carbonyl (C=O) groups excluding carboxylic acids is 1. The predicted octanol–water partition coefficient (Wildman–Crippen LogP) is 2.69. The van der Waals surface area contributed by atoms with Gasteiger partial charge in [0, 0.05) is 26.2 Å². The van der Waals surface area contributed by atoms with Gasteiger partial charge in [0.05, 0.1) is 6.61 Å². The van der Waals surface area contributed by atoms with Crippen molar-refractivity contribution in [1.82, 2.24) is 0 Å². The Balaban J connectivity index is 1.69. The first kappa shape index (κ1) is 15.0. The van der Waals surface area contributed by atoms with E-state index in [-0.39, 0.29) is 12.6 Å². The van der Waals surface area contributed by atoms with Gasteiger partial charge in [0.2, 0.25) is 0 Å². The molecule has 3 atom stereocenters. The van der Waals surface area contributed by atoms with Crippen LogP contribution in [0.4, 0.5) is 0 Å². The maximum atomic E-state index is 11.0. The first-order valence-corrected chi connectivity index (χ1v) is 7.80. The minimum absolute atomic E-state index is 0.269. The third-order valence-corrected chi connectivity index (χ3v) is 4.47. The summed E-state index contributed by atoms with van der Waals surface area (Å²) >= 11 is 0. The molecule has 3 heterocycles. The zero-order chi connectivity index (χ0) is 15.0. The molecule has 0 aromatic heterocycles. The predicted molar refractivity (Wildman–Crippen MR) is 75.5 cm³/mol. The van der Waals surface area contributed by atoms with Crippen LogP contribution in [-0.4, -0.2) is 36.4 Å². The zero-order valence-electron chi connectivity index (χ0n) is 12.9. The molecular weight excluding hydrogens is 272 g/mol. The molecule has 3 aliphatic heterocycles. The van der Waals surface area contributed by atoms with E-state index in [2.05, 4.69) is 6.08 Å². The van der Waals surface area contributed by atoms with Gasteiger partial charge < -0.3 is 18.9 Å². The standard InChI is InChI=1S/C16H24O5/c1-13(17)18-12-14(2)9-10-16(20-14)8-5-7-15(21-16)6-3-4-11-19-15/h5,7H,3-4,6,8-12H2,1-2H3/t14-,15-,16-/m0/s1. The molecule has 0 radical (unpaired) electrons. The van der Waals surface area contributed by atoms with Crippen molar-refractivity contribution >= 4 is 5.97 Å². The van der Waals surface area contributed by atoms with E-state index in [1.807, 2.05) is 13.0 Å². The molecule has 5 nitrogen and oxygen atoms in total. The monoisotopic (exact) mass is 296 g/mol. The van der Waals surface area contributed by atoms with Crippen molar-refractivity contribution in [1.29, 1.82) is 0 Å². The highest BCUT2D eigenvalue weighted by Crippen LogP contribution is 2.47. The Bertz CT molecular complexity index is 440. The zero-order valence-corrected chi connectivity index (χ0v) is 12.9. The van der Waals surface area contributed by atoms with Crippen LogP contribution in [0.5, 0.6) is 0 Å². The highest BCUT2D eigenvalue weighted by Gasteiger charge is 2.53. The SMILES string of the molecule is CC(=O)OC[C@]1(C)CC[C@@]2(CC=C[C@]3(CCCCO3)O2)O1. The number of carbonyl (C=O) groups is 1. The summed E-state index contributed by atoms with van der Waals surface area (Å²) in [6, 6.07) is 0. The van der Waals surface area contributed by atoms with Crippen molar-refractivity contribution in [2.45, 2.75) is 69.5 Å². The molecule has 0 aliphatic carbocycles. The second-order valence-corrected chi connectivity index (χ2v) is 6.57. The molecule has 5 heteroatoms. The minimum Gasteiger partial charge on any atom is -0.463 e. The summed E-state index contributed by atoms with van der Waals surface area (Å²) in [6.07, 6.45) is 9.50. The number of rotatable bonds is 2. The number of esters is 1. The second kappa shape index (κ2) is 5.38. The van der Waals surface area contributed by atoms with Crippen molar-refractivity contribution in [2.75, 3.05) is 13.2 Å². The molecule has 0 aromatic rings. The van der Waals surface area contributed by atoms with Gasteiger partial charge in [-0.25, -0.2) is 0 Å². The van der Waals surface area contributed by atoms with Crippen molar-refractivity contribution in [3.05, 3.63) is 12.2 Å². The van der Waals surface area contributed by atoms with Gasteiger partial charge in [-0.2, -0.15) is 0 Å². The summed E-state index contributed by atoms with van der Waals surface area (Å²) < 4.78 is 23.5. The number of hydrogen-bond acceptors (Lipinski definition) is 5. The van der Waals surface area contributed by atoms with Crippen LogP contribution in [0.15, 0.2) is 12.2 Å². The van der Waals surface area contributed by atoms with E-state index in [1.165, 1.54) is 6.92 Å².